The molecule has 1 aromatic heterocycles. The maximum atomic E-state index is 11.5. The Hall–Kier alpha value is -1.62. The summed E-state index contributed by atoms with van der Waals surface area (Å²) in [4.78, 5) is 19.5. The molecule has 17 heavy (non-hydrogen) atoms. The van der Waals surface area contributed by atoms with Crippen LogP contribution in [0, 0.1) is 0 Å². The maximum absolute atomic E-state index is 11.5. The average molecular weight is 236 g/mol. The lowest BCUT2D eigenvalue weighted by Gasteiger charge is -2.18. The van der Waals surface area contributed by atoms with Crippen molar-refractivity contribution < 1.29 is 4.79 Å². The topological polar surface area (TPSA) is 48.5 Å². The standard InChI is InChI=1S/C12H20N4O/c1-13-11-7-5-6-10(14-11)8-16(4)9-12(17)15(2)3/h5-7H,8-9H2,1-4H3,(H,13,14). The number of hydrogen-bond acceptors (Lipinski definition) is 4. The smallest absolute Gasteiger partial charge is 0.236 e. The van der Waals surface area contributed by atoms with Crippen LogP contribution in [-0.4, -0.2) is 55.4 Å². The van der Waals surface area contributed by atoms with Gasteiger partial charge in [-0.05, 0) is 19.2 Å². The van der Waals surface area contributed by atoms with Crippen LogP contribution in [0.3, 0.4) is 0 Å². The first-order chi connectivity index (χ1) is 8.02. The van der Waals surface area contributed by atoms with Gasteiger partial charge in [-0.2, -0.15) is 0 Å². The molecule has 1 rings (SSSR count). The van der Waals surface area contributed by atoms with Gasteiger partial charge in [0.1, 0.15) is 5.82 Å². The molecule has 0 unspecified atom stereocenters. The van der Waals surface area contributed by atoms with Gasteiger partial charge in [0.05, 0.1) is 12.2 Å². The Morgan fingerprint density at radius 1 is 1.35 bits per heavy atom. The highest BCUT2D eigenvalue weighted by atomic mass is 16.2. The van der Waals surface area contributed by atoms with Crippen LogP contribution in [0.2, 0.25) is 0 Å². The molecule has 94 valence electrons. The fourth-order valence-electron chi connectivity index (χ4n) is 1.41. The van der Waals surface area contributed by atoms with Crippen LogP contribution in [0.4, 0.5) is 5.82 Å². The second kappa shape index (κ2) is 6.20. The van der Waals surface area contributed by atoms with Gasteiger partial charge in [-0.25, -0.2) is 4.98 Å². The fourth-order valence-corrected chi connectivity index (χ4v) is 1.41. The van der Waals surface area contributed by atoms with E-state index in [1.807, 2.05) is 37.2 Å². The van der Waals surface area contributed by atoms with E-state index in [4.69, 9.17) is 0 Å². The SMILES string of the molecule is CNc1cccc(CN(C)CC(=O)N(C)C)n1. The van der Waals surface area contributed by atoms with Crippen molar-refractivity contribution in [2.45, 2.75) is 6.54 Å². The summed E-state index contributed by atoms with van der Waals surface area (Å²) in [6.45, 7) is 1.06. The predicted molar refractivity (Wildman–Crippen MR) is 68.8 cm³/mol. The van der Waals surface area contributed by atoms with Gasteiger partial charge >= 0.3 is 0 Å². The van der Waals surface area contributed by atoms with Crippen LogP contribution in [0.25, 0.3) is 0 Å². The molecule has 0 saturated carbocycles. The molecule has 1 heterocycles. The molecule has 0 aliphatic rings. The van der Waals surface area contributed by atoms with Crippen LogP contribution >= 0.6 is 0 Å². The number of carbonyl (C=O) groups excluding carboxylic acids is 1. The summed E-state index contributed by atoms with van der Waals surface area (Å²) in [7, 11) is 7.27. The number of aromatic nitrogens is 1. The van der Waals surface area contributed by atoms with Crippen molar-refractivity contribution in [2.24, 2.45) is 0 Å². The molecule has 0 aliphatic heterocycles. The molecule has 0 bridgehead atoms. The van der Waals surface area contributed by atoms with E-state index in [-0.39, 0.29) is 5.91 Å². The van der Waals surface area contributed by atoms with Crippen molar-refractivity contribution >= 4 is 11.7 Å². The first-order valence-electron chi connectivity index (χ1n) is 5.55. The number of rotatable bonds is 5. The van der Waals surface area contributed by atoms with Gasteiger partial charge < -0.3 is 10.2 Å². The van der Waals surface area contributed by atoms with Crippen molar-refractivity contribution in [1.29, 1.82) is 0 Å². The van der Waals surface area contributed by atoms with E-state index in [0.717, 1.165) is 11.5 Å². The molecule has 0 saturated heterocycles. The molecule has 0 aliphatic carbocycles. The highest BCUT2D eigenvalue weighted by molar-refractivity contribution is 5.77. The molecule has 0 fully saturated rings. The minimum Gasteiger partial charge on any atom is -0.373 e. The summed E-state index contributed by atoms with van der Waals surface area (Å²) in [5.74, 6) is 0.937. The van der Waals surface area contributed by atoms with Crippen LogP contribution in [0.15, 0.2) is 18.2 Å². The van der Waals surface area contributed by atoms with Gasteiger partial charge in [-0.1, -0.05) is 6.07 Å². The summed E-state index contributed by atoms with van der Waals surface area (Å²) in [6, 6.07) is 5.82. The Morgan fingerprint density at radius 2 is 2.06 bits per heavy atom. The Bertz CT molecular complexity index is 379. The summed E-state index contributed by atoms with van der Waals surface area (Å²) >= 11 is 0. The average Bonchev–Trinajstić information content (AvgIpc) is 2.28. The van der Waals surface area contributed by atoms with Crippen LogP contribution in [0.5, 0.6) is 0 Å². The second-order valence-electron chi connectivity index (χ2n) is 4.22. The van der Waals surface area contributed by atoms with Crippen molar-refractivity contribution in [3.8, 4) is 0 Å². The Balaban J connectivity index is 2.55. The van der Waals surface area contributed by atoms with E-state index >= 15 is 0 Å². The Kier molecular flexibility index (Phi) is 4.90. The quantitative estimate of drug-likeness (QED) is 0.815. The largest absolute Gasteiger partial charge is 0.373 e. The van der Waals surface area contributed by atoms with E-state index < -0.39 is 0 Å². The number of amides is 1. The van der Waals surface area contributed by atoms with Crippen LogP contribution < -0.4 is 5.32 Å². The highest BCUT2D eigenvalue weighted by Gasteiger charge is 2.09. The molecule has 0 atom stereocenters. The molecule has 5 heteroatoms. The molecule has 0 aromatic carbocycles. The number of pyridine rings is 1. The normalized spacial score (nSPS) is 10.4. The Labute approximate surface area is 102 Å². The summed E-state index contributed by atoms with van der Waals surface area (Å²) < 4.78 is 0. The number of nitrogens with zero attached hydrogens (tertiary/aromatic N) is 3. The Morgan fingerprint density at radius 3 is 2.65 bits per heavy atom. The van der Waals surface area contributed by atoms with Gasteiger partial charge in [-0.3, -0.25) is 9.69 Å². The first kappa shape index (κ1) is 13.4. The third-order valence-electron chi connectivity index (χ3n) is 2.40. The van der Waals surface area contributed by atoms with E-state index in [1.165, 1.54) is 0 Å². The highest BCUT2D eigenvalue weighted by Crippen LogP contribution is 2.05. The van der Waals surface area contributed by atoms with Crippen LogP contribution in [0.1, 0.15) is 5.69 Å². The zero-order chi connectivity index (χ0) is 12.8. The molecule has 0 spiro atoms. The molecular formula is C12H20N4O. The monoisotopic (exact) mass is 236 g/mol. The van der Waals surface area contributed by atoms with E-state index in [1.54, 1.807) is 19.0 Å². The van der Waals surface area contributed by atoms with Crippen molar-refractivity contribution in [3.05, 3.63) is 23.9 Å². The molecule has 1 aromatic rings. The lowest BCUT2D eigenvalue weighted by molar-refractivity contribution is -0.129. The third kappa shape index (κ3) is 4.40. The predicted octanol–water partition coefficient (Wildman–Crippen LogP) is 0.643. The lowest BCUT2D eigenvalue weighted by atomic mass is 10.3. The van der Waals surface area contributed by atoms with Gasteiger partial charge in [-0.15, -0.1) is 0 Å². The van der Waals surface area contributed by atoms with E-state index in [2.05, 4.69) is 10.3 Å². The van der Waals surface area contributed by atoms with Crippen molar-refractivity contribution in [1.82, 2.24) is 14.8 Å². The summed E-state index contributed by atoms with van der Waals surface area (Å²) in [6.07, 6.45) is 0. The molecule has 1 amide bonds. The van der Waals surface area contributed by atoms with Gasteiger partial charge in [0.25, 0.3) is 0 Å². The minimum atomic E-state index is 0.0947. The molecular weight excluding hydrogens is 216 g/mol. The van der Waals surface area contributed by atoms with Crippen molar-refractivity contribution in [2.75, 3.05) is 40.1 Å². The van der Waals surface area contributed by atoms with E-state index in [9.17, 15) is 4.79 Å². The third-order valence-corrected chi connectivity index (χ3v) is 2.40. The van der Waals surface area contributed by atoms with Crippen LogP contribution in [-0.2, 0) is 11.3 Å². The molecule has 0 radical (unpaired) electrons. The number of anilines is 1. The molecule has 5 nitrogen and oxygen atoms in total. The van der Waals surface area contributed by atoms with E-state index in [0.29, 0.717) is 13.1 Å². The lowest BCUT2D eigenvalue weighted by Crippen LogP contribution is -2.34. The first-order valence-corrected chi connectivity index (χ1v) is 5.55. The minimum absolute atomic E-state index is 0.0947. The number of carbonyl (C=O) groups is 1. The zero-order valence-electron chi connectivity index (χ0n) is 10.9. The number of nitrogens with one attached hydrogen (secondary N) is 1. The summed E-state index contributed by atoms with van der Waals surface area (Å²) in [5, 5.41) is 2.99. The van der Waals surface area contributed by atoms with Gasteiger partial charge in [0.2, 0.25) is 5.91 Å². The zero-order valence-corrected chi connectivity index (χ0v) is 10.9. The summed E-state index contributed by atoms with van der Waals surface area (Å²) in [5.41, 5.74) is 0.950. The number of likely N-dealkylation sites (N-methyl/N-ethyl adjacent to an activating group) is 2. The maximum Gasteiger partial charge on any atom is 0.236 e. The van der Waals surface area contributed by atoms with Gasteiger partial charge in [0.15, 0.2) is 0 Å². The fraction of sp³-hybridized carbons (Fsp3) is 0.500. The second-order valence-corrected chi connectivity index (χ2v) is 4.22. The molecule has 1 N–H and O–H groups in total. The van der Waals surface area contributed by atoms with Crippen molar-refractivity contribution in [3.63, 3.8) is 0 Å². The number of hydrogen-bond donors (Lipinski definition) is 1. The van der Waals surface area contributed by atoms with Gasteiger partial charge in [0, 0.05) is 27.7 Å².